The van der Waals surface area contributed by atoms with Crippen molar-refractivity contribution in [3.8, 4) is 0 Å². The fraction of sp³-hybridized carbons (Fsp3) is 0.156. The first kappa shape index (κ1) is 34.3. The van der Waals surface area contributed by atoms with Gasteiger partial charge in [0.1, 0.15) is 0 Å². The van der Waals surface area contributed by atoms with Crippen LogP contribution >= 0.6 is 0 Å². The van der Waals surface area contributed by atoms with E-state index in [1.165, 1.54) is 11.0 Å². The van der Waals surface area contributed by atoms with E-state index in [2.05, 4.69) is 34.1 Å². The molecule has 44 heavy (non-hydrogen) atoms. The van der Waals surface area contributed by atoms with Crippen LogP contribution in [0.1, 0.15) is 45.6 Å². The van der Waals surface area contributed by atoms with Gasteiger partial charge in [-0.05, 0) is 24.6 Å². The minimum atomic E-state index is -0.743. The number of nitrogens with zero attached hydrogens (tertiary/aromatic N) is 3. The van der Waals surface area contributed by atoms with E-state index in [-0.39, 0.29) is 36.9 Å². The second-order valence-electron chi connectivity index (χ2n) is 9.22. The third kappa shape index (κ3) is 11.5. The molecule has 12 heteroatoms. The molecule has 0 unspecified atom stereocenters. The van der Waals surface area contributed by atoms with Crippen molar-refractivity contribution in [2.75, 3.05) is 18.9 Å². The summed E-state index contributed by atoms with van der Waals surface area (Å²) in [7, 11) is 1.56. The lowest BCUT2D eigenvalue weighted by molar-refractivity contribution is -0.116. The Balaban J connectivity index is 0.000000860. The zero-order valence-corrected chi connectivity index (χ0v) is 24.6. The van der Waals surface area contributed by atoms with Crippen LogP contribution < -0.4 is 21.9 Å². The van der Waals surface area contributed by atoms with E-state index in [4.69, 9.17) is 15.7 Å². The number of amidine groups is 1. The van der Waals surface area contributed by atoms with Crippen LogP contribution in [0.5, 0.6) is 0 Å². The molecule has 2 aromatic carbocycles. The van der Waals surface area contributed by atoms with Crippen LogP contribution in [0.3, 0.4) is 0 Å². The molecule has 0 radical (unpaired) electrons. The van der Waals surface area contributed by atoms with Crippen LogP contribution in [0, 0.1) is 5.41 Å². The Hall–Kier alpha value is -5.91. The van der Waals surface area contributed by atoms with Gasteiger partial charge in [0.05, 0.1) is 0 Å². The lowest BCUT2D eigenvalue weighted by Gasteiger charge is -2.16. The van der Waals surface area contributed by atoms with Crippen LogP contribution in [-0.4, -0.2) is 42.0 Å². The lowest BCUT2D eigenvalue weighted by Crippen LogP contribution is -2.30. The van der Waals surface area contributed by atoms with E-state index in [0.717, 1.165) is 23.3 Å². The van der Waals surface area contributed by atoms with Gasteiger partial charge in [-0.1, -0.05) is 84.6 Å². The maximum atomic E-state index is 12.7. The number of nitrogens with one attached hydrogen (secondary N) is 3. The monoisotopic (exact) mass is 597 g/mol. The Morgan fingerprint density at radius 3 is 2.39 bits per heavy atom. The summed E-state index contributed by atoms with van der Waals surface area (Å²) in [5.74, 6) is 2.46. The predicted octanol–water partition coefficient (Wildman–Crippen LogP) is 4.63. The van der Waals surface area contributed by atoms with Crippen molar-refractivity contribution in [3.05, 3.63) is 137 Å². The molecule has 3 rings (SSSR count). The fourth-order valence-electron chi connectivity index (χ4n) is 3.53. The molecule has 1 aromatic heterocycles. The van der Waals surface area contributed by atoms with Gasteiger partial charge in [-0.2, -0.15) is 0 Å². The number of rotatable bonds is 11. The van der Waals surface area contributed by atoms with Crippen molar-refractivity contribution in [2.45, 2.75) is 19.9 Å². The Morgan fingerprint density at radius 1 is 1.05 bits per heavy atom. The Kier molecular flexibility index (Phi) is 13.9. The number of anilines is 1. The first-order chi connectivity index (χ1) is 21.1. The van der Waals surface area contributed by atoms with Crippen molar-refractivity contribution in [2.24, 2.45) is 16.2 Å². The lowest BCUT2D eigenvalue weighted by atomic mass is 10.2. The van der Waals surface area contributed by atoms with Gasteiger partial charge in [-0.25, -0.2) is 0 Å². The number of hydrogen-bond acceptors (Lipinski definition) is 7. The molecule has 0 aliphatic carbocycles. The number of amides is 3. The highest BCUT2D eigenvalue weighted by atomic mass is 16.4. The van der Waals surface area contributed by atoms with Crippen LogP contribution in [0.25, 0.3) is 0 Å². The SMILES string of the molecule is C=C/C=C(/C)C=C.CN(Cc1ccccc1)C(=O)c1cc(=O)cc(C(=O)NCCC(=O)Nc2cccc(C(=N)N=NN)c2)o1. The van der Waals surface area contributed by atoms with Gasteiger partial charge in [0.15, 0.2) is 22.8 Å². The average Bonchev–Trinajstić information content (AvgIpc) is 3.01. The van der Waals surface area contributed by atoms with Crippen LogP contribution in [-0.2, 0) is 11.3 Å². The van der Waals surface area contributed by atoms with Crippen molar-refractivity contribution in [3.63, 3.8) is 0 Å². The van der Waals surface area contributed by atoms with Crippen molar-refractivity contribution in [1.29, 1.82) is 5.41 Å². The normalized spacial score (nSPS) is 10.6. The summed E-state index contributed by atoms with van der Waals surface area (Å²) in [5, 5.41) is 19.3. The topological polar surface area (TPSA) is 183 Å². The maximum absolute atomic E-state index is 12.7. The molecule has 0 saturated carbocycles. The molecule has 12 nitrogen and oxygen atoms in total. The summed E-state index contributed by atoms with van der Waals surface area (Å²) in [5.41, 5.74) is 2.29. The van der Waals surface area contributed by atoms with Crippen LogP contribution in [0.2, 0.25) is 0 Å². The van der Waals surface area contributed by atoms with Gasteiger partial charge in [0.2, 0.25) is 5.91 Å². The molecule has 3 amide bonds. The summed E-state index contributed by atoms with van der Waals surface area (Å²) in [4.78, 5) is 51.0. The molecule has 0 aliphatic heterocycles. The van der Waals surface area contributed by atoms with Crippen molar-refractivity contribution < 1.29 is 18.8 Å². The molecular formula is C32H35N7O5. The van der Waals surface area contributed by atoms with Crippen molar-refractivity contribution in [1.82, 2.24) is 10.2 Å². The largest absolute Gasteiger partial charge is 0.445 e. The van der Waals surface area contributed by atoms with E-state index in [0.29, 0.717) is 11.3 Å². The van der Waals surface area contributed by atoms with Crippen LogP contribution in [0.15, 0.2) is 123 Å². The molecule has 0 aliphatic rings. The van der Waals surface area contributed by atoms with E-state index in [9.17, 15) is 19.2 Å². The fourth-order valence-corrected chi connectivity index (χ4v) is 3.53. The molecule has 0 spiro atoms. The number of carbonyl (C=O) groups is 3. The highest BCUT2D eigenvalue weighted by molar-refractivity contribution is 5.99. The zero-order valence-electron chi connectivity index (χ0n) is 24.6. The highest BCUT2D eigenvalue weighted by Gasteiger charge is 2.19. The third-order valence-corrected chi connectivity index (χ3v) is 5.73. The number of benzene rings is 2. The second-order valence-corrected chi connectivity index (χ2v) is 9.22. The Labute approximate surface area is 255 Å². The van der Waals surface area contributed by atoms with E-state index in [1.807, 2.05) is 43.3 Å². The molecule has 5 N–H and O–H groups in total. The summed E-state index contributed by atoms with van der Waals surface area (Å²) >= 11 is 0. The predicted molar refractivity (Wildman–Crippen MR) is 169 cm³/mol. The van der Waals surface area contributed by atoms with E-state index >= 15 is 0 Å². The molecule has 0 bridgehead atoms. The van der Waals surface area contributed by atoms with Gasteiger partial charge in [-0.3, -0.25) is 24.6 Å². The van der Waals surface area contributed by atoms with E-state index in [1.54, 1.807) is 37.4 Å². The smallest absolute Gasteiger partial charge is 0.289 e. The molecular weight excluding hydrogens is 562 g/mol. The van der Waals surface area contributed by atoms with Crippen molar-refractivity contribution >= 4 is 29.2 Å². The summed E-state index contributed by atoms with van der Waals surface area (Å²) in [6.45, 7) is 9.30. The molecule has 228 valence electrons. The second kappa shape index (κ2) is 17.8. The van der Waals surface area contributed by atoms with Gasteiger partial charge < -0.3 is 25.8 Å². The average molecular weight is 598 g/mol. The highest BCUT2D eigenvalue weighted by Crippen LogP contribution is 2.12. The Morgan fingerprint density at radius 2 is 1.75 bits per heavy atom. The minimum Gasteiger partial charge on any atom is -0.445 e. The van der Waals surface area contributed by atoms with Gasteiger partial charge >= 0.3 is 0 Å². The van der Waals surface area contributed by atoms with E-state index < -0.39 is 23.2 Å². The zero-order chi connectivity index (χ0) is 32.5. The van der Waals surface area contributed by atoms with Gasteiger partial charge in [0.25, 0.3) is 11.8 Å². The molecule has 0 saturated heterocycles. The van der Waals surface area contributed by atoms with Gasteiger partial charge in [-0.15, -0.1) is 5.11 Å². The number of nitrogens with two attached hydrogens (primary N) is 1. The summed E-state index contributed by atoms with van der Waals surface area (Å²) in [6.07, 6.45) is 5.37. The first-order valence-corrected chi connectivity index (χ1v) is 13.3. The number of hydrogen-bond donors (Lipinski definition) is 4. The Bertz CT molecular complexity index is 1610. The molecule has 3 aromatic rings. The summed E-state index contributed by atoms with van der Waals surface area (Å²) < 4.78 is 5.40. The number of carbonyl (C=O) groups excluding carboxylic acids is 3. The number of allylic oxidation sites excluding steroid dienone is 4. The summed E-state index contributed by atoms with van der Waals surface area (Å²) in [6, 6.07) is 17.7. The maximum Gasteiger partial charge on any atom is 0.289 e. The quantitative estimate of drug-likeness (QED) is 0.0624. The standard InChI is InChI=1S/C25H25N7O5.C7H10/c1-32(15-16-6-3-2-4-7-16)25(36)21-14-19(33)13-20(37-21)24(35)28-11-10-22(34)29-18-9-5-8-17(12-18)23(26)30-31-27;1-4-6-7(3)5-2/h2-9,12-14H,10-11,15H2,1H3,(H,28,35)(H,29,34)(H3,26,27,30);4-6H,1-2H2,3H3/b;7-6-. The molecule has 0 fully saturated rings. The molecule has 1 heterocycles. The first-order valence-electron chi connectivity index (χ1n) is 13.3. The van der Waals surface area contributed by atoms with Crippen LogP contribution in [0.4, 0.5) is 5.69 Å². The third-order valence-electron chi connectivity index (χ3n) is 5.73. The minimum absolute atomic E-state index is 0.0582. The molecule has 0 atom stereocenters. The van der Waals surface area contributed by atoms with Gasteiger partial charge in [0, 0.05) is 49.9 Å².